The molecule has 0 amide bonds. The Morgan fingerprint density at radius 2 is 0.808 bits per heavy atom. The summed E-state index contributed by atoms with van der Waals surface area (Å²) in [5, 5.41) is 0.0648. The van der Waals surface area contributed by atoms with Crippen molar-refractivity contribution in [1.82, 2.24) is 0 Å². The van der Waals surface area contributed by atoms with Crippen molar-refractivity contribution in [2.45, 2.75) is 27.7 Å². The zero-order chi connectivity index (χ0) is 19.6. The summed E-state index contributed by atoms with van der Waals surface area (Å²) in [4.78, 5) is 17.2. The van der Waals surface area contributed by atoms with E-state index in [4.69, 9.17) is 9.79 Å². The topological polar surface area (TPSA) is 57.5 Å². The molecule has 2 N–H and O–H groups in total. The van der Waals surface area contributed by atoms with Gasteiger partial charge < -0.3 is 9.79 Å². The Hall–Kier alpha value is -2.19. The largest absolute Gasteiger partial charge is 0.356 e. The number of benzene rings is 3. The van der Waals surface area contributed by atoms with Gasteiger partial charge in [-0.1, -0.05) is 89.0 Å². The quantitative estimate of drug-likeness (QED) is 0.586. The predicted octanol–water partition coefficient (Wildman–Crippen LogP) is 5.10. The van der Waals surface area contributed by atoms with Crippen LogP contribution in [0.5, 0.6) is 0 Å². The highest BCUT2D eigenvalue weighted by atomic mass is 31.2. The lowest BCUT2D eigenvalue weighted by Gasteiger charge is -2.00. The van der Waals surface area contributed by atoms with Crippen molar-refractivity contribution < 1.29 is 14.4 Å². The third kappa shape index (κ3) is 9.33. The van der Waals surface area contributed by atoms with Crippen LogP contribution in [0.25, 0.3) is 0 Å². The van der Waals surface area contributed by atoms with Crippen LogP contribution in [-0.2, 0) is 4.57 Å². The summed E-state index contributed by atoms with van der Waals surface area (Å²) in [6.45, 7) is 8.39. The van der Waals surface area contributed by atoms with Crippen molar-refractivity contribution in [3.63, 3.8) is 0 Å². The Labute approximate surface area is 156 Å². The third-order valence-corrected chi connectivity index (χ3v) is 4.50. The van der Waals surface area contributed by atoms with Gasteiger partial charge in [0.15, 0.2) is 0 Å². The van der Waals surface area contributed by atoms with Gasteiger partial charge in [-0.2, -0.15) is 0 Å². The van der Waals surface area contributed by atoms with E-state index in [1.807, 2.05) is 0 Å². The first-order chi connectivity index (χ1) is 12.2. The second-order valence-electron chi connectivity index (χ2n) is 6.19. The Balaban J connectivity index is 0.000000197. The van der Waals surface area contributed by atoms with E-state index in [1.165, 1.54) is 34.4 Å². The molecule has 3 aromatic rings. The van der Waals surface area contributed by atoms with Crippen molar-refractivity contribution in [3.8, 4) is 0 Å². The molecule has 0 saturated heterocycles. The maximum atomic E-state index is 10.5. The first kappa shape index (κ1) is 21.9. The first-order valence-electron chi connectivity index (χ1n) is 8.36. The fourth-order valence-corrected chi connectivity index (χ4v) is 2.46. The molecule has 0 radical (unpaired) electrons. The average Bonchev–Trinajstić information content (AvgIpc) is 2.61. The monoisotopic (exact) mass is 370 g/mol. The molecule has 0 spiro atoms. The van der Waals surface area contributed by atoms with Crippen LogP contribution in [0.3, 0.4) is 0 Å². The van der Waals surface area contributed by atoms with Gasteiger partial charge in [-0.05, 0) is 39.8 Å². The van der Waals surface area contributed by atoms with E-state index in [0.717, 1.165) is 0 Å². The zero-order valence-electron chi connectivity index (χ0n) is 15.8. The summed E-state index contributed by atoms with van der Waals surface area (Å²) < 4.78 is 10.5. The van der Waals surface area contributed by atoms with E-state index in [9.17, 15) is 4.57 Å². The molecule has 3 nitrogen and oxygen atoms in total. The van der Waals surface area contributed by atoms with Gasteiger partial charge >= 0.3 is 7.60 Å². The molecule has 0 fully saturated rings. The van der Waals surface area contributed by atoms with E-state index in [0.29, 0.717) is 0 Å². The molecule has 3 aromatic carbocycles. The summed E-state index contributed by atoms with van der Waals surface area (Å²) in [6, 6.07) is 24.7. The van der Waals surface area contributed by atoms with Gasteiger partial charge in [-0.3, -0.25) is 4.57 Å². The normalized spacial score (nSPS) is 10.1. The third-order valence-electron chi connectivity index (χ3n) is 3.53. The maximum Gasteiger partial charge on any atom is 0.356 e. The highest BCUT2D eigenvalue weighted by Crippen LogP contribution is 2.32. The second-order valence-corrected chi connectivity index (χ2v) is 7.79. The van der Waals surface area contributed by atoms with Crippen molar-refractivity contribution >= 4 is 12.9 Å². The minimum absolute atomic E-state index is 0.0648. The van der Waals surface area contributed by atoms with Crippen molar-refractivity contribution in [3.05, 3.63) is 101 Å². The summed E-state index contributed by atoms with van der Waals surface area (Å²) in [6.07, 6.45) is 0. The van der Waals surface area contributed by atoms with Crippen LogP contribution in [0.4, 0.5) is 0 Å². The molecule has 0 aromatic heterocycles. The van der Waals surface area contributed by atoms with Gasteiger partial charge in [-0.15, -0.1) is 0 Å². The van der Waals surface area contributed by atoms with E-state index in [-0.39, 0.29) is 5.30 Å². The van der Waals surface area contributed by atoms with Crippen molar-refractivity contribution in [1.29, 1.82) is 0 Å². The van der Waals surface area contributed by atoms with Crippen LogP contribution >= 0.6 is 7.60 Å². The molecular formula is C22H27O3P. The summed E-state index contributed by atoms with van der Waals surface area (Å²) in [5.74, 6) is 0. The first-order valence-corrected chi connectivity index (χ1v) is 9.97. The highest BCUT2D eigenvalue weighted by molar-refractivity contribution is 7.60. The van der Waals surface area contributed by atoms with Crippen LogP contribution in [0, 0.1) is 27.7 Å². The molecule has 0 unspecified atom stereocenters. The number of aryl methyl sites for hydroxylation is 4. The van der Waals surface area contributed by atoms with E-state index < -0.39 is 7.60 Å². The minimum atomic E-state index is -4.02. The molecule has 138 valence electrons. The highest BCUT2D eigenvalue weighted by Gasteiger charge is 2.14. The van der Waals surface area contributed by atoms with Crippen LogP contribution in [0.15, 0.2) is 78.9 Å². The molecule has 0 saturated carbocycles. The lowest BCUT2D eigenvalue weighted by atomic mass is 10.2. The number of hydrogen-bond acceptors (Lipinski definition) is 1. The minimum Gasteiger partial charge on any atom is -0.321 e. The van der Waals surface area contributed by atoms with E-state index in [1.54, 1.807) is 18.2 Å². The summed E-state index contributed by atoms with van der Waals surface area (Å²) >= 11 is 0. The Morgan fingerprint density at radius 1 is 0.538 bits per heavy atom. The predicted molar refractivity (Wildman–Crippen MR) is 110 cm³/mol. The summed E-state index contributed by atoms with van der Waals surface area (Å²) in [5.41, 5.74) is 5.32. The Kier molecular flexibility index (Phi) is 9.01. The van der Waals surface area contributed by atoms with Crippen molar-refractivity contribution in [2.75, 3.05) is 0 Å². The van der Waals surface area contributed by atoms with Gasteiger partial charge in [0.25, 0.3) is 0 Å². The van der Waals surface area contributed by atoms with Gasteiger partial charge in [0.05, 0.1) is 5.30 Å². The van der Waals surface area contributed by atoms with E-state index >= 15 is 0 Å². The zero-order valence-corrected chi connectivity index (χ0v) is 16.6. The fraction of sp³-hybridized carbons (Fsp3) is 0.182. The second kappa shape index (κ2) is 10.7. The average molecular weight is 370 g/mol. The standard InChI is InChI=1S/2C8H10.C6H7O3P/c2*1-7-3-5-8(2)6-4-7;7-10(8,9)6-4-2-1-3-5-6/h2*3-6H,1-2H3;1-5H,(H2,7,8,9). The van der Waals surface area contributed by atoms with Crippen LogP contribution < -0.4 is 5.30 Å². The molecule has 4 heteroatoms. The van der Waals surface area contributed by atoms with Crippen LogP contribution in [-0.4, -0.2) is 9.79 Å². The SMILES string of the molecule is Cc1ccc(C)cc1.Cc1ccc(C)cc1.O=P(O)(O)c1ccccc1. The van der Waals surface area contributed by atoms with Gasteiger partial charge in [0.1, 0.15) is 0 Å². The van der Waals surface area contributed by atoms with Crippen molar-refractivity contribution in [2.24, 2.45) is 0 Å². The lowest BCUT2D eigenvalue weighted by molar-refractivity contribution is 0.387. The number of rotatable bonds is 1. The van der Waals surface area contributed by atoms with Crippen LogP contribution in [0.1, 0.15) is 22.3 Å². The molecule has 0 heterocycles. The summed E-state index contributed by atoms with van der Waals surface area (Å²) in [7, 11) is -4.02. The smallest absolute Gasteiger partial charge is 0.321 e. The van der Waals surface area contributed by atoms with Gasteiger partial charge in [-0.25, -0.2) is 0 Å². The van der Waals surface area contributed by atoms with Crippen LogP contribution in [0.2, 0.25) is 0 Å². The number of hydrogen-bond donors (Lipinski definition) is 2. The van der Waals surface area contributed by atoms with Gasteiger partial charge in [0.2, 0.25) is 0 Å². The molecule has 0 aliphatic carbocycles. The van der Waals surface area contributed by atoms with Gasteiger partial charge in [0, 0.05) is 0 Å². The Morgan fingerprint density at radius 3 is 1.00 bits per heavy atom. The molecule has 0 bridgehead atoms. The fourth-order valence-electron chi connectivity index (χ4n) is 1.90. The molecule has 0 atom stereocenters. The molecule has 0 aliphatic rings. The molecular weight excluding hydrogens is 343 g/mol. The molecule has 0 aliphatic heterocycles. The molecule has 3 rings (SSSR count). The lowest BCUT2D eigenvalue weighted by Crippen LogP contribution is -2.01. The van der Waals surface area contributed by atoms with E-state index in [2.05, 4.69) is 76.2 Å². The molecule has 26 heavy (non-hydrogen) atoms. The Bertz CT molecular complexity index is 719. The maximum absolute atomic E-state index is 10.5.